The first-order valence-electron chi connectivity index (χ1n) is 11.9. The summed E-state index contributed by atoms with van der Waals surface area (Å²) in [7, 11) is 0. The number of benzene rings is 2. The third-order valence-electron chi connectivity index (χ3n) is 6.30. The fraction of sp³-hybridized carbons (Fsp3) is 0.308. The number of ketones is 1. The fourth-order valence-electron chi connectivity index (χ4n) is 4.37. The molecule has 4 amide bonds. The Balaban J connectivity index is 1.63. The van der Waals surface area contributed by atoms with Crippen molar-refractivity contribution in [3.8, 4) is 0 Å². The molecule has 1 fully saturated rings. The van der Waals surface area contributed by atoms with Crippen molar-refractivity contribution >= 4 is 46.8 Å². The smallest absolute Gasteiger partial charge is 0.308 e. The zero-order valence-corrected chi connectivity index (χ0v) is 20.5. The SMILES string of the molecule is CC1OC(=O)C[C@@H]1NC(=O)CN1C(=O)[C@@H](NC(=O)C(=O)c2ccccc2)CN(C(=O)CO)c2ccccc21. The van der Waals surface area contributed by atoms with Gasteiger partial charge in [0.1, 0.15) is 25.3 Å². The van der Waals surface area contributed by atoms with E-state index in [0.717, 1.165) is 9.80 Å². The number of nitrogens with zero attached hydrogens (tertiary/aromatic N) is 2. The molecule has 2 aliphatic rings. The first-order chi connectivity index (χ1) is 18.2. The summed E-state index contributed by atoms with van der Waals surface area (Å²) in [5, 5.41) is 14.6. The molecule has 198 valence electrons. The van der Waals surface area contributed by atoms with Crippen LogP contribution in [-0.4, -0.2) is 78.4 Å². The van der Waals surface area contributed by atoms with Crippen molar-refractivity contribution in [1.29, 1.82) is 0 Å². The molecule has 4 rings (SSSR count). The molecule has 2 aromatic rings. The van der Waals surface area contributed by atoms with Crippen molar-refractivity contribution in [2.45, 2.75) is 31.5 Å². The molecule has 0 spiro atoms. The number of para-hydroxylation sites is 2. The zero-order chi connectivity index (χ0) is 27.4. The first kappa shape index (κ1) is 26.5. The van der Waals surface area contributed by atoms with Gasteiger partial charge in [-0.15, -0.1) is 0 Å². The van der Waals surface area contributed by atoms with E-state index in [0.29, 0.717) is 0 Å². The van der Waals surface area contributed by atoms with Gasteiger partial charge in [-0.1, -0.05) is 42.5 Å². The van der Waals surface area contributed by atoms with Crippen LogP contribution in [0.3, 0.4) is 0 Å². The monoisotopic (exact) mass is 522 g/mol. The van der Waals surface area contributed by atoms with Crippen LogP contribution in [0.5, 0.6) is 0 Å². The molecule has 12 nitrogen and oxygen atoms in total. The van der Waals surface area contributed by atoms with Crippen molar-refractivity contribution in [3.05, 3.63) is 60.2 Å². The van der Waals surface area contributed by atoms with Crippen LogP contribution in [0.4, 0.5) is 11.4 Å². The molecule has 0 bridgehead atoms. The van der Waals surface area contributed by atoms with E-state index in [2.05, 4.69) is 10.6 Å². The van der Waals surface area contributed by atoms with Crippen LogP contribution < -0.4 is 20.4 Å². The Morgan fingerprint density at radius 3 is 2.26 bits per heavy atom. The number of ether oxygens (including phenoxy) is 1. The number of aliphatic hydroxyl groups is 1. The summed E-state index contributed by atoms with van der Waals surface area (Å²) in [5.74, 6) is -4.51. The average molecular weight is 523 g/mol. The number of aliphatic hydroxyl groups excluding tert-OH is 1. The summed E-state index contributed by atoms with van der Waals surface area (Å²) in [6.07, 6.45) is -0.566. The van der Waals surface area contributed by atoms with E-state index in [-0.39, 0.29) is 29.9 Å². The van der Waals surface area contributed by atoms with Crippen molar-refractivity contribution < 1.29 is 38.6 Å². The number of cyclic esters (lactones) is 1. The molecule has 38 heavy (non-hydrogen) atoms. The Hall–Kier alpha value is -4.58. The molecule has 2 heterocycles. The molecule has 12 heteroatoms. The van der Waals surface area contributed by atoms with E-state index in [1.54, 1.807) is 37.3 Å². The minimum atomic E-state index is -1.42. The lowest BCUT2D eigenvalue weighted by Gasteiger charge is -2.26. The van der Waals surface area contributed by atoms with Gasteiger partial charge in [0.25, 0.3) is 17.7 Å². The molecule has 0 saturated carbocycles. The minimum absolute atomic E-state index is 0.0174. The minimum Gasteiger partial charge on any atom is -0.460 e. The number of esters is 1. The summed E-state index contributed by atoms with van der Waals surface area (Å²) < 4.78 is 5.05. The number of rotatable bonds is 7. The van der Waals surface area contributed by atoms with Crippen LogP contribution in [0.1, 0.15) is 23.7 Å². The number of hydrogen-bond donors (Lipinski definition) is 3. The van der Waals surface area contributed by atoms with Crippen LogP contribution in [0.15, 0.2) is 54.6 Å². The highest BCUT2D eigenvalue weighted by Crippen LogP contribution is 2.33. The van der Waals surface area contributed by atoms with Gasteiger partial charge in [-0.05, 0) is 19.1 Å². The lowest BCUT2D eigenvalue weighted by molar-refractivity contribution is -0.141. The first-order valence-corrected chi connectivity index (χ1v) is 11.9. The maximum Gasteiger partial charge on any atom is 0.308 e. The molecule has 0 radical (unpaired) electrons. The van der Waals surface area contributed by atoms with Gasteiger partial charge in [0.2, 0.25) is 11.7 Å². The number of nitrogens with one attached hydrogen (secondary N) is 2. The molecule has 3 N–H and O–H groups in total. The second-order valence-corrected chi connectivity index (χ2v) is 8.87. The van der Waals surface area contributed by atoms with Gasteiger partial charge in [-0.25, -0.2) is 0 Å². The summed E-state index contributed by atoms with van der Waals surface area (Å²) >= 11 is 0. The van der Waals surface area contributed by atoms with E-state index in [4.69, 9.17) is 4.74 Å². The van der Waals surface area contributed by atoms with Gasteiger partial charge in [0.05, 0.1) is 30.4 Å². The average Bonchev–Trinajstić information content (AvgIpc) is 3.18. The normalized spacial score (nSPS) is 20.7. The predicted molar refractivity (Wildman–Crippen MR) is 133 cm³/mol. The third-order valence-corrected chi connectivity index (χ3v) is 6.30. The number of Topliss-reactive ketones (excluding diaryl/α,β-unsaturated/α-hetero) is 1. The summed E-state index contributed by atoms with van der Waals surface area (Å²) in [5.41, 5.74) is 0.523. The lowest BCUT2D eigenvalue weighted by atomic mass is 10.1. The number of carbonyl (C=O) groups is 6. The second-order valence-electron chi connectivity index (χ2n) is 8.87. The molecule has 3 atom stereocenters. The fourth-order valence-corrected chi connectivity index (χ4v) is 4.37. The van der Waals surface area contributed by atoms with E-state index < -0.39 is 66.7 Å². The topological polar surface area (TPSA) is 162 Å². The van der Waals surface area contributed by atoms with E-state index in [1.165, 1.54) is 24.3 Å². The molecule has 2 aromatic carbocycles. The van der Waals surface area contributed by atoms with E-state index in [1.807, 2.05) is 0 Å². The number of anilines is 2. The maximum atomic E-state index is 13.7. The Morgan fingerprint density at radius 1 is 0.974 bits per heavy atom. The second kappa shape index (κ2) is 11.2. The number of amides is 4. The Bertz CT molecular complexity index is 1280. The van der Waals surface area contributed by atoms with Crippen LogP contribution >= 0.6 is 0 Å². The number of hydrogen-bond acceptors (Lipinski definition) is 8. The van der Waals surface area contributed by atoms with Gasteiger partial charge in [0.15, 0.2) is 0 Å². The van der Waals surface area contributed by atoms with E-state index >= 15 is 0 Å². The number of carbonyl (C=O) groups excluding carboxylic acids is 6. The van der Waals surface area contributed by atoms with Crippen LogP contribution in [0.2, 0.25) is 0 Å². The summed E-state index contributed by atoms with van der Waals surface area (Å²) in [4.78, 5) is 78.5. The van der Waals surface area contributed by atoms with Gasteiger partial charge < -0.3 is 25.4 Å². The van der Waals surface area contributed by atoms with Crippen molar-refractivity contribution in [2.75, 3.05) is 29.5 Å². The highest BCUT2D eigenvalue weighted by Gasteiger charge is 2.39. The van der Waals surface area contributed by atoms with E-state index in [9.17, 15) is 33.9 Å². The zero-order valence-electron chi connectivity index (χ0n) is 20.5. The highest BCUT2D eigenvalue weighted by atomic mass is 16.6. The highest BCUT2D eigenvalue weighted by molar-refractivity contribution is 6.43. The van der Waals surface area contributed by atoms with Crippen molar-refractivity contribution in [2.24, 2.45) is 0 Å². The molecular formula is C26H26N4O8. The quantitative estimate of drug-likeness (QED) is 0.250. The van der Waals surface area contributed by atoms with Gasteiger partial charge in [0, 0.05) is 5.56 Å². The molecule has 0 aliphatic carbocycles. The van der Waals surface area contributed by atoms with Crippen LogP contribution in [0.25, 0.3) is 0 Å². The Kier molecular flexibility index (Phi) is 7.82. The van der Waals surface area contributed by atoms with Crippen LogP contribution in [-0.2, 0) is 28.7 Å². The Labute approximate surface area is 217 Å². The van der Waals surface area contributed by atoms with Crippen molar-refractivity contribution in [1.82, 2.24) is 10.6 Å². The maximum absolute atomic E-state index is 13.7. The molecule has 2 aliphatic heterocycles. The molecule has 0 aromatic heterocycles. The standard InChI is InChI=1S/C26H26N4O8/c1-15-17(11-23(34)38-15)27-21(32)13-30-20-10-6-5-9-19(20)29(22(33)14-31)12-18(26(30)37)28-25(36)24(35)16-7-3-2-4-8-16/h2-10,15,17-18,31H,11-14H2,1H3,(H,27,32)(H,28,36)/t15?,17-,18-/m0/s1. The van der Waals surface area contributed by atoms with Gasteiger partial charge in [-0.3, -0.25) is 33.7 Å². The largest absolute Gasteiger partial charge is 0.460 e. The van der Waals surface area contributed by atoms with Crippen molar-refractivity contribution in [3.63, 3.8) is 0 Å². The van der Waals surface area contributed by atoms with Crippen LogP contribution in [0, 0.1) is 0 Å². The Morgan fingerprint density at radius 2 is 1.63 bits per heavy atom. The predicted octanol–water partition coefficient (Wildman–Crippen LogP) is -0.454. The van der Waals surface area contributed by atoms with Gasteiger partial charge in [-0.2, -0.15) is 0 Å². The van der Waals surface area contributed by atoms with Gasteiger partial charge >= 0.3 is 5.97 Å². The molecule has 1 unspecified atom stereocenters. The lowest BCUT2D eigenvalue weighted by Crippen LogP contribution is -2.56. The summed E-state index contributed by atoms with van der Waals surface area (Å²) in [6.45, 7) is -0.132. The third kappa shape index (κ3) is 5.54. The summed E-state index contributed by atoms with van der Waals surface area (Å²) in [6, 6.07) is 12.0. The number of fused-ring (bicyclic) bond motifs is 1. The molecule has 1 saturated heterocycles. The molecular weight excluding hydrogens is 496 g/mol.